The summed E-state index contributed by atoms with van der Waals surface area (Å²) in [5, 5.41) is 0.730. The highest BCUT2D eigenvalue weighted by atomic mass is 35.5. The Labute approximate surface area is 207 Å². The monoisotopic (exact) mass is 464 g/mol. The van der Waals surface area contributed by atoms with Gasteiger partial charge in [-0.15, -0.1) is 0 Å². The highest BCUT2D eigenvalue weighted by Gasteiger charge is 2.29. The van der Waals surface area contributed by atoms with Gasteiger partial charge in [0.25, 0.3) is 0 Å². The number of benzene rings is 3. The fourth-order valence-electron chi connectivity index (χ4n) is 4.79. The van der Waals surface area contributed by atoms with E-state index in [4.69, 9.17) is 21.6 Å². The maximum atomic E-state index is 6.52. The summed E-state index contributed by atoms with van der Waals surface area (Å²) in [4.78, 5) is 10.6. The van der Waals surface area contributed by atoms with Crippen LogP contribution in [-0.2, 0) is 0 Å². The molecule has 1 atom stereocenters. The van der Waals surface area contributed by atoms with E-state index < -0.39 is 0 Å². The van der Waals surface area contributed by atoms with E-state index in [9.17, 15) is 0 Å². The van der Waals surface area contributed by atoms with Gasteiger partial charge in [-0.2, -0.15) is 0 Å². The van der Waals surface area contributed by atoms with E-state index in [-0.39, 0.29) is 6.04 Å². The van der Waals surface area contributed by atoms with Crippen molar-refractivity contribution in [1.29, 1.82) is 0 Å². The molecule has 3 heteroatoms. The van der Waals surface area contributed by atoms with E-state index in [2.05, 4.69) is 94.4 Å². The minimum absolute atomic E-state index is 0.190. The molecule has 3 aromatic rings. The predicted octanol–water partition coefficient (Wildman–Crippen LogP) is 8.59. The van der Waals surface area contributed by atoms with Crippen molar-refractivity contribution in [3.63, 3.8) is 0 Å². The summed E-state index contributed by atoms with van der Waals surface area (Å²) in [6.45, 7) is 8.93. The van der Waals surface area contributed by atoms with Gasteiger partial charge in [0.15, 0.2) is 0 Å². The Kier molecular flexibility index (Phi) is 6.10. The first-order valence-corrected chi connectivity index (χ1v) is 12.4. The Morgan fingerprint density at radius 3 is 1.71 bits per heavy atom. The van der Waals surface area contributed by atoms with Crippen LogP contribution in [0.2, 0.25) is 0 Å². The van der Waals surface area contributed by atoms with Crippen molar-refractivity contribution in [3.8, 4) is 11.1 Å². The first-order chi connectivity index (χ1) is 16.5. The summed E-state index contributed by atoms with van der Waals surface area (Å²) in [7, 11) is 0. The zero-order chi connectivity index (χ0) is 23.8. The Morgan fingerprint density at radius 2 is 1.21 bits per heavy atom. The van der Waals surface area contributed by atoms with Crippen molar-refractivity contribution in [3.05, 3.63) is 112 Å². The van der Waals surface area contributed by atoms with Gasteiger partial charge in [-0.1, -0.05) is 118 Å². The molecular formula is C31H29ClN2. The number of allylic oxidation sites excluding steroid dienone is 2. The summed E-state index contributed by atoms with van der Waals surface area (Å²) >= 11 is 6.52. The molecular weight excluding hydrogens is 436 g/mol. The molecule has 1 unspecified atom stereocenters. The van der Waals surface area contributed by atoms with Crippen molar-refractivity contribution in [2.75, 3.05) is 0 Å². The zero-order valence-electron chi connectivity index (χ0n) is 20.1. The van der Waals surface area contributed by atoms with Crippen molar-refractivity contribution in [2.24, 2.45) is 9.98 Å². The van der Waals surface area contributed by atoms with E-state index in [0.717, 1.165) is 33.3 Å². The van der Waals surface area contributed by atoms with Gasteiger partial charge >= 0.3 is 0 Å². The molecule has 2 aliphatic rings. The van der Waals surface area contributed by atoms with Crippen molar-refractivity contribution >= 4 is 28.7 Å². The summed E-state index contributed by atoms with van der Waals surface area (Å²) in [6.07, 6.45) is 5.93. The van der Waals surface area contributed by atoms with Gasteiger partial charge in [-0.25, -0.2) is 4.99 Å². The van der Waals surface area contributed by atoms with Crippen LogP contribution >= 0.6 is 11.6 Å². The Balaban J connectivity index is 1.84. The predicted molar refractivity (Wildman–Crippen MR) is 146 cm³/mol. The molecule has 0 heterocycles. The topological polar surface area (TPSA) is 24.7 Å². The standard InChI is InChI=1S/C31H29ClN2/c1-19(2)21-15-9-16-22(20(3)4)29(21)34-31-26-14-8-6-12-24(26)23-11-5-7-13-25(23)30(31)33-28-18-10-17-27(28)32/h5-20,28H,1-4H3/b33-30+,34-31+. The van der Waals surface area contributed by atoms with Crippen LogP contribution in [0, 0.1) is 0 Å². The molecule has 0 spiro atoms. The molecule has 2 nitrogen and oxygen atoms in total. The Bertz CT molecular complexity index is 1350. The Hall–Kier alpha value is -3.23. The molecule has 0 fully saturated rings. The normalized spacial score (nSPS) is 19.1. The number of para-hydroxylation sites is 1. The lowest BCUT2D eigenvalue weighted by atomic mass is 9.82. The van der Waals surface area contributed by atoms with Crippen LogP contribution in [0.15, 0.2) is 100.0 Å². The van der Waals surface area contributed by atoms with Gasteiger partial charge in [-0.3, -0.25) is 4.99 Å². The largest absolute Gasteiger partial charge is 0.269 e. The molecule has 5 rings (SSSR count). The minimum Gasteiger partial charge on any atom is -0.269 e. The maximum absolute atomic E-state index is 6.52. The van der Waals surface area contributed by atoms with Gasteiger partial charge < -0.3 is 0 Å². The van der Waals surface area contributed by atoms with Crippen LogP contribution < -0.4 is 0 Å². The van der Waals surface area contributed by atoms with Crippen molar-refractivity contribution < 1.29 is 0 Å². The molecule has 0 saturated heterocycles. The van der Waals surface area contributed by atoms with E-state index in [1.165, 1.54) is 22.3 Å². The highest BCUT2D eigenvalue weighted by Crippen LogP contribution is 2.39. The molecule has 0 saturated carbocycles. The van der Waals surface area contributed by atoms with Crippen LogP contribution in [0.1, 0.15) is 61.8 Å². The molecule has 0 radical (unpaired) electrons. The Morgan fingerprint density at radius 1 is 0.676 bits per heavy atom. The quantitative estimate of drug-likeness (QED) is 0.369. The molecule has 0 N–H and O–H groups in total. The molecule has 3 aromatic carbocycles. The zero-order valence-corrected chi connectivity index (χ0v) is 20.8. The van der Waals surface area contributed by atoms with Crippen molar-refractivity contribution in [1.82, 2.24) is 0 Å². The highest BCUT2D eigenvalue weighted by molar-refractivity contribution is 6.57. The fourth-order valence-corrected chi connectivity index (χ4v) is 4.98. The van der Waals surface area contributed by atoms with E-state index in [1.807, 2.05) is 18.2 Å². The summed E-state index contributed by atoms with van der Waals surface area (Å²) in [5.74, 6) is 0.722. The first kappa shape index (κ1) is 22.6. The molecule has 0 amide bonds. The summed E-state index contributed by atoms with van der Waals surface area (Å²) in [5.41, 5.74) is 9.95. The van der Waals surface area contributed by atoms with Gasteiger partial charge in [0.2, 0.25) is 0 Å². The van der Waals surface area contributed by atoms with Gasteiger partial charge in [0, 0.05) is 16.2 Å². The summed E-state index contributed by atoms with van der Waals surface area (Å²) in [6, 6.07) is 23.4. The molecule has 34 heavy (non-hydrogen) atoms. The third-order valence-electron chi connectivity index (χ3n) is 6.54. The SMILES string of the molecule is CC(C)c1cccc(C(C)C)c1/N=C1/C(=N/C2C=CC=C2Cl)c2ccccc2-c2ccccc21. The van der Waals surface area contributed by atoms with Crippen LogP contribution in [0.25, 0.3) is 11.1 Å². The van der Waals surface area contributed by atoms with Gasteiger partial charge in [0.05, 0.1) is 17.1 Å². The van der Waals surface area contributed by atoms with E-state index in [1.54, 1.807) is 0 Å². The summed E-state index contributed by atoms with van der Waals surface area (Å²) < 4.78 is 0. The number of halogens is 1. The van der Waals surface area contributed by atoms with Crippen LogP contribution in [-0.4, -0.2) is 17.5 Å². The van der Waals surface area contributed by atoms with Gasteiger partial charge in [0.1, 0.15) is 6.04 Å². The second-order valence-corrected chi connectivity index (χ2v) is 9.94. The number of fused-ring (bicyclic) bond motifs is 3. The minimum atomic E-state index is -0.190. The number of hydrogen-bond donors (Lipinski definition) is 0. The average molecular weight is 465 g/mol. The third-order valence-corrected chi connectivity index (χ3v) is 6.89. The number of rotatable bonds is 4. The number of aliphatic imine (C=N–C) groups is 2. The smallest absolute Gasteiger partial charge is 0.105 e. The van der Waals surface area contributed by atoms with Crippen LogP contribution in [0.4, 0.5) is 5.69 Å². The number of nitrogens with zero attached hydrogens (tertiary/aromatic N) is 2. The second kappa shape index (κ2) is 9.19. The van der Waals surface area contributed by atoms with E-state index in [0.29, 0.717) is 11.8 Å². The van der Waals surface area contributed by atoms with Crippen LogP contribution in [0.3, 0.4) is 0 Å². The molecule has 0 aliphatic heterocycles. The molecule has 0 bridgehead atoms. The molecule has 2 aliphatic carbocycles. The lowest BCUT2D eigenvalue weighted by Crippen LogP contribution is -2.25. The lowest BCUT2D eigenvalue weighted by Gasteiger charge is -2.25. The lowest BCUT2D eigenvalue weighted by molar-refractivity contribution is 0.835. The number of hydrogen-bond acceptors (Lipinski definition) is 2. The fraction of sp³-hybridized carbons (Fsp3) is 0.226. The maximum Gasteiger partial charge on any atom is 0.105 e. The molecule has 170 valence electrons. The average Bonchev–Trinajstić information content (AvgIpc) is 3.25. The second-order valence-electron chi connectivity index (χ2n) is 9.51. The van der Waals surface area contributed by atoms with Crippen molar-refractivity contribution in [2.45, 2.75) is 45.6 Å². The van der Waals surface area contributed by atoms with Gasteiger partial charge in [-0.05, 0) is 40.2 Å². The third kappa shape index (κ3) is 3.97. The molecule has 0 aromatic heterocycles. The van der Waals surface area contributed by atoms with Crippen LogP contribution in [0.5, 0.6) is 0 Å². The van der Waals surface area contributed by atoms with E-state index >= 15 is 0 Å². The first-order valence-electron chi connectivity index (χ1n) is 12.0.